The molecular weight excluding hydrogens is 170 g/mol. The third-order valence-electron chi connectivity index (χ3n) is 2.57. The van der Waals surface area contributed by atoms with Crippen molar-refractivity contribution in [2.75, 3.05) is 0 Å². The molecule has 0 unspecified atom stereocenters. The smallest absolute Gasteiger partial charge is 0.0305 e. The maximum atomic E-state index is 4.13. The minimum absolute atomic E-state index is 0.595. The SMILES string of the molecule is CC(C)c1cccc(C2=CN=CC2)c1. The molecule has 0 radical (unpaired) electrons. The average molecular weight is 185 g/mol. The molecule has 0 N–H and O–H groups in total. The van der Waals surface area contributed by atoms with Crippen molar-refractivity contribution >= 4 is 11.8 Å². The van der Waals surface area contributed by atoms with Crippen molar-refractivity contribution in [3.05, 3.63) is 41.6 Å². The molecule has 0 saturated heterocycles. The van der Waals surface area contributed by atoms with Gasteiger partial charge >= 0.3 is 0 Å². The Morgan fingerprint density at radius 2 is 2.14 bits per heavy atom. The fraction of sp³-hybridized carbons (Fsp3) is 0.308. The summed E-state index contributed by atoms with van der Waals surface area (Å²) >= 11 is 0. The van der Waals surface area contributed by atoms with E-state index in [2.05, 4.69) is 43.1 Å². The standard InChI is InChI=1S/C13H15N/c1-10(2)11-4-3-5-12(8-11)13-6-7-14-9-13/h3-5,7-10H,6H2,1-2H3. The minimum atomic E-state index is 0.595. The van der Waals surface area contributed by atoms with Crippen LogP contribution in [0.5, 0.6) is 0 Å². The Morgan fingerprint density at radius 1 is 1.29 bits per heavy atom. The van der Waals surface area contributed by atoms with Gasteiger partial charge < -0.3 is 0 Å². The van der Waals surface area contributed by atoms with Crippen LogP contribution in [0.1, 0.15) is 37.3 Å². The molecule has 1 nitrogen and oxygen atoms in total. The molecule has 2 rings (SSSR count). The quantitative estimate of drug-likeness (QED) is 0.667. The van der Waals surface area contributed by atoms with Crippen molar-refractivity contribution in [2.45, 2.75) is 26.2 Å². The second kappa shape index (κ2) is 3.79. The van der Waals surface area contributed by atoms with Crippen LogP contribution < -0.4 is 0 Å². The van der Waals surface area contributed by atoms with E-state index >= 15 is 0 Å². The van der Waals surface area contributed by atoms with Gasteiger partial charge in [-0.05, 0) is 22.6 Å². The van der Waals surface area contributed by atoms with Crippen molar-refractivity contribution in [1.82, 2.24) is 0 Å². The number of allylic oxidation sites excluding steroid dienone is 1. The normalized spacial score (nSPS) is 14.9. The molecule has 0 amide bonds. The Balaban J connectivity index is 2.31. The lowest BCUT2D eigenvalue weighted by Crippen LogP contribution is -1.89. The molecule has 72 valence electrons. The number of hydrogen-bond acceptors (Lipinski definition) is 1. The topological polar surface area (TPSA) is 12.4 Å². The zero-order valence-electron chi connectivity index (χ0n) is 8.70. The number of aliphatic imine (C=N–C) groups is 1. The molecule has 0 atom stereocenters. The van der Waals surface area contributed by atoms with Crippen LogP contribution in [0.15, 0.2) is 35.5 Å². The maximum Gasteiger partial charge on any atom is 0.0305 e. The van der Waals surface area contributed by atoms with Gasteiger partial charge in [-0.15, -0.1) is 0 Å². The summed E-state index contributed by atoms with van der Waals surface area (Å²) in [6, 6.07) is 8.74. The summed E-state index contributed by atoms with van der Waals surface area (Å²) in [5.41, 5.74) is 4.04. The molecule has 14 heavy (non-hydrogen) atoms. The lowest BCUT2D eigenvalue weighted by molar-refractivity contribution is 0.866. The van der Waals surface area contributed by atoms with E-state index in [0.717, 1.165) is 6.42 Å². The lowest BCUT2D eigenvalue weighted by Gasteiger charge is -2.08. The first-order chi connectivity index (χ1) is 6.77. The molecule has 0 spiro atoms. The van der Waals surface area contributed by atoms with Crippen LogP contribution in [-0.4, -0.2) is 6.21 Å². The van der Waals surface area contributed by atoms with E-state index in [-0.39, 0.29) is 0 Å². The van der Waals surface area contributed by atoms with E-state index in [4.69, 9.17) is 0 Å². The minimum Gasteiger partial charge on any atom is -0.268 e. The van der Waals surface area contributed by atoms with Crippen LogP contribution >= 0.6 is 0 Å². The molecule has 1 heterocycles. The second-order valence-electron chi connectivity index (χ2n) is 3.97. The van der Waals surface area contributed by atoms with Gasteiger partial charge in [-0.3, -0.25) is 4.99 Å². The van der Waals surface area contributed by atoms with Gasteiger partial charge in [0.15, 0.2) is 0 Å². The Labute approximate surface area is 85.2 Å². The van der Waals surface area contributed by atoms with Crippen LogP contribution in [0.2, 0.25) is 0 Å². The molecule has 0 aromatic heterocycles. The summed E-state index contributed by atoms with van der Waals surface area (Å²) in [7, 11) is 0. The summed E-state index contributed by atoms with van der Waals surface area (Å²) in [6.45, 7) is 4.44. The first-order valence-electron chi connectivity index (χ1n) is 5.08. The predicted octanol–water partition coefficient (Wildman–Crippen LogP) is 3.63. The van der Waals surface area contributed by atoms with E-state index in [1.807, 2.05) is 12.4 Å². The highest BCUT2D eigenvalue weighted by molar-refractivity contribution is 5.84. The molecule has 1 aliphatic heterocycles. The molecule has 1 heteroatoms. The average Bonchev–Trinajstić information content (AvgIpc) is 2.71. The molecule has 1 aromatic rings. The van der Waals surface area contributed by atoms with E-state index in [1.54, 1.807) is 0 Å². The number of hydrogen-bond donors (Lipinski definition) is 0. The van der Waals surface area contributed by atoms with Crippen molar-refractivity contribution in [2.24, 2.45) is 4.99 Å². The van der Waals surface area contributed by atoms with Gasteiger partial charge in [0.2, 0.25) is 0 Å². The van der Waals surface area contributed by atoms with Crippen LogP contribution in [0, 0.1) is 0 Å². The zero-order valence-corrected chi connectivity index (χ0v) is 8.70. The van der Waals surface area contributed by atoms with Crippen LogP contribution in [0.4, 0.5) is 0 Å². The van der Waals surface area contributed by atoms with Gasteiger partial charge in [0.1, 0.15) is 0 Å². The monoisotopic (exact) mass is 185 g/mol. The van der Waals surface area contributed by atoms with Gasteiger partial charge in [-0.1, -0.05) is 38.1 Å². The number of rotatable bonds is 2. The zero-order chi connectivity index (χ0) is 9.97. The van der Waals surface area contributed by atoms with Crippen molar-refractivity contribution in [3.8, 4) is 0 Å². The molecule has 0 saturated carbocycles. The van der Waals surface area contributed by atoms with E-state index < -0.39 is 0 Å². The van der Waals surface area contributed by atoms with Gasteiger partial charge in [-0.2, -0.15) is 0 Å². The summed E-state index contributed by atoms with van der Waals surface area (Å²) in [5, 5.41) is 0. The second-order valence-corrected chi connectivity index (χ2v) is 3.97. The Kier molecular flexibility index (Phi) is 2.49. The number of nitrogens with zero attached hydrogens (tertiary/aromatic N) is 1. The van der Waals surface area contributed by atoms with Crippen molar-refractivity contribution in [3.63, 3.8) is 0 Å². The third kappa shape index (κ3) is 1.77. The molecule has 1 aromatic carbocycles. The van der Waals surface area contributed by atoms with Gasteiger partial charge in [-0.25, -0.2) is 0 Å². The largest absolute Gasteiger partial charge is 0.268 e. The number of benzene rings is 1. The lowest BCUT2D eigenvalue weighted by atomic mass is 9.97. The first kappa shape index (κ1) is 9.20. The molecular formula is C13H15N. The molecule has 0 fully saturated rings. The maximum absolute atomic E-state index is 4.13. The van der Waals surface area contributed by atoms with E-state index in [9.17, 15) is 0 Å². The molecule has 1 aliphatic rings. The highest BCUT2D eigenvalue weighted by Crippen LogP contribution is 2.24. The Hall–Kier alpha value is -1.37. The van der Waals surface area contributed by atoms with E-state index in [0.29, 0.717) is 5.92 Å². The van der Waals surface area contributed by atoms with Crippen LogP contribution in [0.3, 0.4) is 0 Å². The summed E-state index contributed by atoms with van der Waals surface area (Å²) in [6.07, 6.45) is 4.89. The van der Waals surface area contributed by atoms with Gasteiger partial charge in [0.25, 0.3) is 0 Å². The summed E-state index contributed by atoms with van der Waals surface area (Å²) < 4.78 is 0. The van der Waals surface area contributed by atoms with Crippen LogP contribution in [-0.2, 0) is 0 Å². The van der Waals surface area contributed by atoms with Crippen LogP contribution in [0.25, 0.3) is 5.57 Å². The third-order valence-corrected chi connectivity index (χ3v) is 2.57. The van der Waals surface area contributed by atoms with Crippen molar-refractivity contribution < 1.29 is 0 Å². The van der Waals surface area contributed by atoms with E-state index in [1.165, 1.54) is 16.7 Å². The Morgan fingerprint density at radius 3 is 2.79 bits per heavy atom. The van der Waals surface area contributed by atoms with Gasteiger partial charge in [0.05, 0.1) is 0 Å². The molecule has 0 aliphatic carbocycles. The fourth-order valence-corrected chi connectivity index (χ4v) is 1.64. The molecule has 0 bridgehead atoms. The predicted molar refractivity (Wildman–Crippen MR) is 61.6 cm³/mol. The van der Waals surface area contributed by atoms with Crippen molar-refractivity contribution in [1.29, 1.82) is 0 Å². The first-order valence-corrected chi connectivity index (χ1v) is 5.08. The fourth-order valence-electron chi connectivity index (χ4n) is 1.64. The summed E-state index contributed by atoms with van der Waals surface area (Å²) in [4.78, 5) is 4.13. The Bertz CT molecular complexity index is 386. The van der Waals surface area contributed by atoms with Gasteiger partial charge in [0, 0.05) is 18.8 Å². The summed E-state index contributed by atoms with van der Waals surface area (Å²) in [5.74, 6) is 0.595. The highest BCUT2D eigenvalue weighted by atomic mass is 14.7. The highest BCUT2D eigenvalue weighted by Gasteiger charge is 2.05.